The second-order valence-electron chi connectivity index (χ2n) is 3.03. The zero-order valence-corrected chi connectivity index (χ0v) is 8.47. The highest BCUT2D eigenvalue weighted by molar-refractivity contribution is 5.74. The van der Waals surface area contributed by atoms with Gasteiger partial charge in [-0.15, -0.1) is 0 Å². The van der Waals surface area contributed by atoms with E-state index in [0.29, 0.717) is 11.1 Å². The van der Waals surface area contributed by atoms with Gasteiger partial charge in [0.25, 0.3) is 5.69 Å². The topological polar surface area (TPSA) is 90.7 Å². The molecule has 0 unspecified atom stereocenters. The van der Waals surface area contributed by atoms with Gasteiger partial charge in [0.1, 0.15) is 17.7 Å². The van der Waals surface area contributed by atoms with Gasteiger partial charge in [0.2, 0.25) is 0 Å². The van der Waals surface area contributed by atoms with Crippen molar-refractivity contribution in [1.29, 1.82) is 10.5 Å². The largest absolute Gasteiger partial charge is 0.269 e. The Morgan fingerprint density at radius 1 is 1.25 bits per heavy atom. The van der Waals surface area contributed by atoms with E-state index in [2.05, 4.69) is 0 Å². The third-order valence-corrected chi connectivity index (χ3v) is 2.11. The summed E-state index contributed by atoms with van der Waals surface area (Å²) < 4.78 is 0. The first-order chi connectivity index (χ1) is 7.60. The Hall–Kier alpha value is -2.66. The van der Waals surface area contributed by atoms with Crippen molar-refractivity contribution in [2.45, 2.75) is 6.92 Å². The molecule has 16 heavy (non-hydrogen) atoms. The molecular formula is C11H7N3O2. The highest BCUT2D eigenvalue weighted by Crippen LogP contribution is 2.20. The Labute approximate surface area is 92.0 Å². The molecule has 0 saturated carbocycles. The molecule has 0 aromatic heterocycles. The summed E-state index contributed by atoms with van der Waals surface area (Å²) in [7, 11) is 0. The number of hydrogen-bond acceptors (Lipinski definition) is 4. The summed E-state index contributed by atoms with van der Waals surface area (Å²) in [6.07, 6.45) is 0. The Bertz CT molecular complexity index is 514. The molecule has 1 aromatic rings. The summed E-state index contributed by atoms with van der Waals surface area (Å²) in [5, 5.41) is 27.7. The van der Waals surface area contributed by atoms with Crippen LogP contribution in [-0.4, -0.2) is 4.92 Å². The van der Waals surface area contributed by atoms with Gasteiger partial charge in [0.15, 0.2) is 0 Å². The van der Waals surface area contributed by atoms with Crippen LogP contribution in [0.15, 0.2) is 29.8 Å². The number of nitrogens with zero attached hydrogens (tertiary/aromatic N) is 3. The lowest BCUT2D eigenvalue weighted by Crippen LogP contribution is -1.89. The number of allylic oxidation sites excluding steroid dienone is 2. The molecule has 0 spiro atoms. The third-order valence-electron chi connectivity index (χ3n) is 2.11. The first-order valence-corrected chi connectivity index (χ1v) is 4.36. The predicted molar refractivity (Wildman–Crippen MR) is 56.9 cm³/mol. The van der Waals surface area contributed by atoms with E-state index in [1.807, 2.05) is 0 Å². The maximum absolute atomic E-state index is 10.4. The van der Waals surface area contributed by atoms with Crippen LogP contribution in [0, 0.1) is 32.8 Å². The number of benzene rings is 1. The summed E-state index contributed by atoms with van der Waals surface area (Å²) in [6, 6.07) is 9.25. The number of non-ortho nitro benzene ring substituents is 1. The van der Waals surface area contributed by atoms with Gasteiger partial charge in [-0.1, -0.05) is 0 Å². The minimum absolute atomic E-state index is 0.00820. The molecule has 0 bridgehead atoms. The monoisotopic (exact) mass is 213 g/mol. The predicted octanol–water partition coefficient (Wildman–Crippen LogP) is 2.42. The quantitative estimate of drug-likeness (QED) is 0.428. The molecule has 0 saturated heterocycles. The average molecular weight is 213 g/mol. The highest BCUT2D eigenvalue weighted by atomic mass is 16.6. The molecule has 0 aliphatic heterocycles. The summed E-state index contributed by atoms with van der Waals surface area (Å²) in [6.45, 7) is 1.63. The second-order valence-corrected chi connectivity index (χ2v) is 3.03. The SMILES string of the molecule is CC(=C(C#N)C#N)c1ccc([N+](=O)[O-])cc1. The molecular weight excluding hydrogens is 206 g/mol. The lowest BCUT2D eigenvalue weighted by Gasteiger charge is -2.00. The molecule has 5 nitrogen and oxygen atoms in total. The van der Waals surface area contributed by atoms with Crippen LogP contribution in [-0.2, 0) is 0 Å². The zero-order valence-electron chi connectivity index (χ0n) is 8.47. The third kappa shape index (κ3) is 2.23. The molecule has 0 aliphatic carbocycles. The van der Waals surface area contributed by atoms with Crippen molar-refractivity contribution in [2.75, 3.05) is 0 Å². The van der Waals surface area contributed by atoms with E-state index >= 15 is 0 Å². The molecule has 0 heterocycles. The molecule has 0 radical (unpaired) electrons. The molecule has 0 aliphatic rings. The van der Waals surface area contributed by atoms with Crippen molar-refractivity contribution in [3.63, 3.8) is 0 Å². The summed E-state index contributed by atoms with van der Waals surface area (Å²) in [4.78, 5) is 9.92. The van der Waals surface area contributed by atoms with Gasteiger partial charge in [0, 0.05) is 12.1 Å². The minimum atomic E-state index is -0.502. The molecule has 0 N–H and O–H groups in total. The molecule has 0 fully saturated rings. The van der Waals surface area contributed by atoms with E-state index < -0.39 is 4.92 Å². The van der Waals surface area contributed by atoms with Crippen molar-refractivity contribution < 1.29 is 4.92 Å². The molecule has 1 rings (SSSR count). The van der Waals surface area contributed by atoms with Crippen LogP contribution < -0.4 is 0 Å². The van der Waals surface area contributed by atoms with Gasteiger partial charge in [-0.05, 0) is 30.2 Å². The Morgan fingerprint density at radius 3 is 2.12 bits per heavy atom. The van der Waals surface area contributed by atoms with Gasteiger partial charge in [-0.3, -0.25) is 10.1 Å². The van der Waals surface area contributed by atoms with Gasteiger partial charge < -0.3 is 0 Å². The van der Waals surface area contributed by atoms with Crippen molar-refractivity contribution in [1.82, 2.24) is 0 Å². The first-order valence-electron chi connectivity index (χ1n) is 4.36. The fourth-order valence-electron chi connectivity index (χ4n) is 1.17. The van der Waals surface area contributed by atoms with Crippen LogP contribution in [0.2, 0.25) is 0 Å². The number of hydrogen-bond donors (Lipinski definition) is 0. The van der Waals surface area contributed by atoms with Crippen molar-refractivity contribution in [3.05, 3.63) is 45.5 Å². The zero-order chi connectivity index (χ0) is 12.1. The van der Waals surface area contributed by atoms with E-state index in [0.717, 1.165) is 0 Å². The Morgan fingerprint density at radius 2 is 1.75 bits per heavy atom. The molecule has 5 heteroatoms. The van der Waals surface area contributed by atoms with E-state index in [1.165, 1.54) is 24.3 Å². The van der Waals surface area contributed by atoms with E-state index in [1.54, 1.807) is 19.1 Å². The lowest BCUT2D eigenvalue weighted by atomic mass is 10.0. The van der Waals surface area contributed by atoms with Crippen LogP contribution in [0.5, 0.6) is 0 Å². The molecule has 0 atom stereocenters. The first kappa shape index (κ1) is 11.4. The normalized spacial score (nSPS) is 8.69. The van der Waals surface area contributed by atoms with Crippen molar-refractivity contribution in [3.8, 4) is 12.1 Å². The standard InChI is InChI=1S/C11H7N3O2/c1-8(10(6-12)7-13)9-2-4-11(5-3-9)14(15)16/h2-5H,1H3. The summed E-state index contributed by atoms with van der Waals surface area (Å²) >= 11 is 0. The number of nitro benzene ring substituents is 1. The maximum Gasteiger partial charge on any atom is 0.269 e. The van der Waals surface area contributed by atoms with Crippen LogP contribution in [0.25, 0.3) is 5.57 Å². The number of rotatable bonds is 2. The highest BCUT2D eigenvalue weighted by Gasteiger charge is 2.07. The Kier molecular flexibility index (Phi) is 3.37. The van der Waals surface area contributed by atoms with Crippen LogP contribution in [0.4, 0.5) is 5.69 Å². The lowest BCUT2D eigenvalue weighted by molar-refractivity contribution is -0.384. The van der Waals surface area contributed by atoms with E-state index in [-0.39, 0.29) is 11.3 Å². The van der Waals surface area contributed by atoms with Crippen molar-refractivity contribution in [2.24, 2.45) is 0 Å². The molecule has 0 amide bonds. The number of nitro groups is 1. The van der Waals surface area contributed by atoms with Crippen LogP contribution in [0.1, 0.15) is 12.5 Å². The maximum atomic E-state index is 10.4. The molecule has 78 valence electrons. The van der Waals surface area contributed by atoms with Gasteiger partial charge in [0.05, 0.1) is 4.92 Å². The van der Waals surface area contributed by atoms with Crippen LogP contribution in [0.3, 0.4) is 0 Å². The van der Waals surface area contributed by atoms with Crippen LogP contribution >= 0.6 is 0 Å². The van der Waals surface area contributed by atoms with Gasteiger partial charge >= 0.3 is 0 Å². The smallest absolute Gasteiger partial charge is 0.258 e. The fraction of sp³-hybridized carbons (Fsp3) is 0.0909. The summed E-state index contributed by atoms with van der Waals surface area (Å²) in [5.74, 6) is 0. The van der Waals surface area contributed by atoms with Gasteiger partial charge in [-0.25, -0.2) is 0 Å². The average Bonchev–Trinajstić information content (AvgIpc) is 2.30. The molecule has 1 aromatic carbocycles. The number of nitriles is 2. The second kappa shape index (κ2) is 4.72. The summed E-state index contributed by atoms with van der Waals surface area (Å²) in [5.41, 5.74) is 1.13. The minimum Gasteiger partial charge on any atom is -0.258 e. The Balaban J connectivity index is 3.19. The van der Waals surface area contributed by atoms with Gasteiger partial charge in [-0.2, -0.15) is 10.5 Å². The van der Waals surface area contributed by atoms with E-state index in [9.17, 15) is 10.1 Å². The van der Waals surface area contributed by atoms with E-state index in [4.69, 9.17) is 10.5 Å². The van der Waals surface area contributed by atoms with Crippen molar-refractivity contribution >= 4 is 11.3 Å². The fourth-order valence-corrected chi connectivity index (χ4v) is 1.17.